The number of carboxylic acid groups (broad SMARTS) is 1. The second-order valence-corrected chi connectivity index (χ2v) is 5.55. The number of phenolic OH excluding ortho intramolecular Hbond substituents is 1. The summed E-state index contributed by atoms with van der Waals surface area (Å²) in [6, 6.07) is 12.7. The molecule has 0 aromatic heterocycles. The quantitative estimate of drug-likeness (QED) is 0.778. The van der Waals surface area contributed by atoms with Crippen LogP contribution in [-0.2, 0) is 4.79 Å². The number of hydrogen-bond donors (Lipinski definition) is 2. The lowest BCUT2D eigenvalue weighted by Gasteiger charge is -2.21. The highest BCUT2D eigenvalue weighted by atomic mass is 127. The normalized spacial score (nSPS) is 10.1. The van der Waals surface area contributed by atoms with E-state index in [0.29, 0.717) is 11.3 Å². The molecule has 0 spiro atoms. The molecule has 0 aliphatic heterocycles. The summed E-state index contributed by atoms with van der Waals surface area (Å²) in [4.78, 5) is 24.6. The summed E-state index contributed by atoms with van der Waals surface area (Å²) in [5.74, 6) is -1.46. The lowest BCUT2D eigenvalue weighted by atomic mass is 10.1. The zero-order chi connectivity index (χ0) is 15.4. The van der Waals surface area contributed by atoms with Crippen LogP contribution in [0.15, 0.2) is 48.5 Å². The zero-order valence-electron chi connectivity index (χ0n) is 10.9. The number of carbonyl (C=O) groups excluding carboxylic acids is 1. The predicted octanol–water partition coefficient (Wildman–Crippen LogP) is 2.73. The Balaban J connectivity index is 2.35. The topological polar surface area (TPSA) is 77.8 Å². The highest BCUT2D eigenvalue weighted by Crippen LogP contribution is 2.21. The van der Waals surface area contributed by atoms with Crippen LogP contribution in [0.1, 0.15) is 10.4 Å². The number of aliphatic carboxylic acids is 1. The molecule has 0 heterocycles. The van der Waals surface area contributed by atoms with Crippen LogP contribution in [0.25, 0.3) is 0 Å². The molecule has 2 aromatic carbocycles. The van der Waals surface area contributed by atoms with Crippen molar-refractivity contribution in [3.8, 4) is 5.75 Å². The number of halogens is 1. The molecule has 5 nitrogen and oxygen atoms in total. The van der Waals surface area contributed by atoms with Gasteiger partial charge in [0.15, 0.2) is 0 Å². The Morgan fingerprint density at radius 3 is 2.10 bits per heavy atom. The van der Waals surface area contributed by atoms with E-state index in [9.17, 15) is 14.7 Å². The maximum Gasteiger partial charge on any atom is 0.323 e. The molecule has 0 saturated carbocycles. The number of aromatic hydroxyl groups is 1. The van der Waals surface area contributed by atoms with Crippen LogP contribution in [0.3, 0.4) is 0 Å². The van der Waals surface area contributed by atoms with E-state index in [0.717, 1.165) is 8.47 Å². The molecule has 0 aliphatic rings. The fourth-order valence-corrected chi connectivity index (χ4v) is 2.16. The maximum absolute atomic E-state index is 12.5. The molecule has 0 atom stereocenters. The number of rotatable bonds is 4. The van der Waals surface area contributed by atoms with Crippen molar-refractivity contribution in [2.45, 2.75) is 0 Å². The van der Waals surface area contributed by atoms with Crippen molar-refractivity contribution >= 4 is 40.2 Å². The largest absolute Gasteiger partial charge is 0.508 e. The molecule has 1 amide bonds. The van der Waals surface area contributed by atoms with E-state index >= 15 is 0 Å². The number of carbonyl (C=O) groups is 2. The lowest BCUT2D eigenvalue weighted by Crippen LogP contribution is -2.35. The average molecular weight is 397 g/mol. The molecule has 2 N–H and O–H groups in total. The van der Waals surface area contributed by atoms with Crippen molar-refractivity contribution in [3.05, 3.63) is 57.7 Å². The summed E-state index contributed by atoms with van der Waals surface area (Å²) in [7, 11) is 0. The smallest absolute Gasteiger partial charge is 0.323 e. The molecule has 0 saturated heterocycles. The molecule has 0 fully saturated rings. The zero-order valence-corrected chi connectivity index (χ0v) is 13.0. The van der Waals surface area contributed by atoms with Gasteiger partial charge in [0.05, 0.1) is 0 Å². The minimum atomic E-state index is -1.11. The Morgan fingerprint density at radius 2 is 1.57 bits per heavy atom. The van der Waals surface area contributed by atoms with E-state index in [2.05, 4.69) is 22.6 Å². The Bertz CT molecular complexity index is 652. The third kappa shape index (κ3) is 3.94. The monoisotopic (exact) mass is 397 g/mol. The van der Waals surface area contributed by atoms with Crippen LogP contribution in [0, 0.1) is 3.57 Å². The van der Waals surface area contributed by atoms with Gasteiger partial charge in [0, 0.05) is 14.8 Å². The first-order chi connectivity index (χ1) is 9.97. The summed E-state index contributed by atoms with van der Waals surface area (Å²) in [6.07, 6.45) is 0. The van der Waals surface area contributed by atoms with Gasteiger partial charge in [-0.3, -0.25) is 14.5 Å². The molecule has 0 unspecified atom stereocenters. The molecule has 0 radical (unpaired) electrons. The van der Waals surface area contributed by atoms with Gasteiger partial charge in [-0.05, 0) is 71.1 Å². The van der Waals surface area contributed by atoms with E-state index in [4.69, 9.17) is 5.11 Å². The van der Waals surface area contributed by atoms with E-state index in [1.54, 1.807) is 24.3 Å². The van der Waals surface area contributed by atoms with Gasteiger partial charge in [-0.25, -0.2) is 0 Å². The van der Waals surface area contributed by atoms with Crippen molar-refractivity contribution in [1.29, 1.82) is 0 Å². The lowest BCUT2D eigenvalue weighted by molar-refractivity contribution is -0.135. The van der Waals surface area contributed by atoms with E-state index in [1.807, 2.05) is 0 Å². The molecule has 6 heteroatoms. The average Bonchev–Trinajstić information content (AvgIpc) is 2.46. The Labute approximate surface area is 135 Å². The van der Waals surface area contributed by atoms with Gasteiger partial charge in [0.1, 0.15) is 12.3 Å². The summed E-state index contributed by atoms with van der Waals surface area (Å²) in [5, 5.41) is 18.3. The van der Waals surface area contributed by atoms with Crippen LogP contribution in [0.5, 0.6) is 5.75 Å². The summed E-state index contributed by atoms with van der Waals surface area (Å²) < 4.78 is 0.985. The standard InChI is InChI=1S/C15H12INO4/c16-11-3-1-10(2-4-11)15(21)17(9-14(19)20)12-5-7-13(18)8-6-12/h1-8,18H,9H2,(H,19,20). The Kier molecular flexibility index (Phi) is 4.79. The van der Waals surface area contributed by atoms with Crippen molar-refractivity contribution < 1.29 is 19.8 Å². The van der Waals surface area contributed by atoms with Crippen LogP contribution in [-0.4, -0.2) is 28.6 Å². The maximum atomic E-state index is 12.5. The number of nitrogens with zero attached hydrogens (tertiary/aromatic N) is 1. The van der Waals surface area contributed by atoms with Crippen LogP contribution in [0.2, 0.25) is 0 Å². The molecular formula is C15H12INO4. The minimum absolute atomic E-state index is 0.0516. The van der Waals surface area contributed by atoms with Crippen LogP contribution >= 0.6 is 22.6 Å². The van der Waals surface area contributed by atoms with Gasteiger partial charge < -0.3 is 10.2 Å². The van der Waals surface area contributed by atoms with Gasteiger partial charge in [-0.15, -0.1) is 0 Å². The second-order valence-electron chi connectivity index (χ2n) is 4.31. The van der Waals surface area contributed by atoms with Crippen LogP contribution in [0.4, 0.5) is 5.69 Å². The molecular weight excluding hydrogens is 385 g/mol. The first-order valence-corrected chi connectivity index (χ1v) is 7.13. The van der Waals surface area contributed by atoms with E-state index in [-0.39, 0.29) is 5.75 Å². The first-order valence-electron chi connectivity index (χ1n) is 6.05. The summed E-state index contributed by atoms with van der Waals surface area (Å²) in [5.41, 5.74) is 0.823. The molecule has 108 valence electrons. The molecule has 0 aliphatic carbocycles. The van der Waals surface area contributed by atoms with Gasteiger partial charge in [0.2, 0.25) is 0 Å². The first kappa shape index (κ1) is 15.3. The fourth-order valence-electron chi connectivity index (χ4n) is 1.80. The number of benzene rings is 2. The van der Waals surface area contributed by atoms with Gasteiger partial charge in [-0.1, -0.05) is 0 Å². The molecule has 2 rings (SSSR count). The van der Waals surface area contributed by atoms with Crippen molar-refractivity contribution in [2.75, 3.05) is 11.4 Å². The number of amides is 1. The molecule has 2 aromatic rings. The number of hydrogen-bond acceptors (Lipinski definition) is 3. The second kappa shape index (κ2) is 6.57. The van der Waals surface area contributed by atoms with E-state index in [1.165, 1.54) is 24.3 Å². The highest BCUT2D eigenvalue weighted by Gasteiger charge is 2.20. The summed E-state index contributed by atoms with van der Waals surface area (Å²) in [6.45, 7) is -0.449. The van der Waals surface area contributed by atoms with Crippen molar-refractivity contribution in [3.63, 3.8) is 0 Å². The SMILES string of the molecule is O=C(O)CN(C(=O)c1ccc(I)cc1)c1ccc(O)cc1. The van der Waals surface area contributed by atoms with E-state index < -0.39 is 18.4 Å². The Morgan fingerprint density at radius 1 is 1.00 bits per heavy atom. The van der Waals surface area contributed by atoms with Gasteiger partial charge >= 0.3 is 5.97 Å². The molecule has 0 bridgehead atoms. The minimum Gasteiger partial charge on any atom is -0.508 e. The Hall–Kier alpha value is -2.09. The summed E-state index contributed by atoms with van der Waals surface area (Å²) >= 11 is 2.13. The van der Waals surface area contributed by atoms with Gasteiger partial charge in [-0.2, -0.15) is 0 Å². The predicted molar refractivity (Wildman–Crippen MR) is 86.6 cm³/mol. The number of anilines is 1. The third-order valence-corrected chi connectivity index (χ3v) is 3.51. The van der Waals surface area contributed by atoms with Crippen molar-refractivity contribution in [2.24, 2.45) is 0 Å². The fraction of sp³-hybridized carbons (Fsp3) is 0.0667. The molecule has 21 heavy (non-hydrogen) atoms. The highest BCUT2D eigenvalue weighted by molar-refractivity contribution is 14.1. The third-order valence-electron chi connectivity index (χ3n) is 2.79. The van der Waals surface area contributed by atoms with Gasteiger partial charge in [0.25, 0.3) is 5.91 Å². The number of phenols is 1. The van der Waals surface area contributed by atoms with Crippen molar-refractivity contribution in [1.82, 2.24) is 0 Å². The van der Waals surface area contributed by atoms with Crippen LogP contribution < -0.4 is 4.90 Å². The number of carboxylic acids is 1.